The molecular weight excluding hydrogens is 254 g/mol. The first-order valence-corrected chi connectivity index (χ1v) is 6.98. The van der Waals surface area contributed by atoms with E-state index in [9.17, 15) is 0 Å². The highest BCUT2D eigenvalue weighted by Gasteiger charge is 2.10. The van der Waals surface area contributed by atoms with Crippen LogP contribution in [-0.2, 0) is 13.0 Å². The van der Waals surface area contributed by atoms with Crippen molar-refractivity contribution in [3.8, 4) is 0 Å². The summed E-state index contributed by atoms with van der Waals surface area (Å²) in [5.74, 6) is 2.57. The summed E-state index contributed by atoms with van der Waals surface area (Å²) in [7, 11) is 0. The molecule has 20 heavy (non-hydrogen) atoms. The summed E-state index contributed by atoms with van der Waals surface area (Å²) in [5.41, 5.74) is 1.97. The fraction of sp³-hybridized carbons (Fsp3) is 0.500. The van der Waals surface area contributed by atoms with E-state index in [4.69, 9.17) is 4.52 Å². The summed E-state index contributed by atoms with van der Waals surface area (Å²) < 4.78 is 5.05. The maximum atomic E-state index is 5.05. The third kappa shape index (κ3) is 3.46. The summed E-state index contributed by atoms with van der Waals surface area (Å²) in [6.07, 6.45) is 3.51. The van der Waals surface area contributed by atoms with Crippen LogP contribution in [0.2, 0.25) is 0 Å². The SMILES string of the molecule is CCCNc1ncnc(NCc2cc(C)on2)c1CC. The summed E-state index contributed by atoms with van der Waals surface area (Å²) in [4.78, 5) is 8.63. The van der Waals surface area contributed by atoms with Gasteiger partial charge in [-0.05, 0) is 19.8 Å². The molecule has 2 rings (SSSR count). The van der Waals surface area contributed by atoms with Gasteiger partial charge in [0.1, 0.15) is 29.4 Å². The van der Waals surface area contributed by atoms with Crippen LogP contribution in [0.1, 0.15) is 37.3 Å². The molecule has 0 aromatic carbocycles. The minimum absolute atomic E-state index is 0.592. The number of hydrogen-bond acceptors (Lipinski definition) is 6. The topological polar surface area (TPSA) is 75.9 Å². The number of nitrogens with zero attached hydrogens (tertiary/aromatic N) is 3. The van der Waals surface area contributed by atoms with Crippen molar-refractivity contribution in [2.75, 3.05) is 17.2 Å². The molecule has 0 saturated heterocycles. The summed E-state index contributed by atoms with van der Waals surface area (Å²) in [6.45, 7) is 7.61. The zero-order valence-corrected chi connectivity index (χ0v) is 12.2. The lowest BCUT2D eigenvalue weighted by molar-refractivity contribution is 0.391. The number of aryl methyl sites for hydroxylation is 1. The second kappa shape index (κ2) is 6.88. The van der Waals surface area contributed by atoms with Crippen LogP contribution >= 0.6 is 0 Å². The normalized spacial score (nSPS) is 10.6. The highest BCUT2D eigenvalue weighted by molar-refractivity contribution is 5.57. The van der Waals surface area contributed by atoms with Crippen LogP contribution in [0.4, 0.5) is 11.6 Å². The van der Waals surface area contributed by atoms with Crippen LogP contribution in [0, 0.1) is 6.92 Å². The zero-order valence-electron chi connectivity index (χ0n) is 12.2. The molecule has 0 saturated carbocycles. The Kier molecular flexibility index (Phi) is 4.92. The summed E-state index contributed by atoms with van der Waals surface area (Å²) in [5, 5.41) is 10.6. The van der Waals surface area contributed by atoms with Crippen molar-refractivity contribution in [3.05, 3.63) is 29.4 Å². The van der Waals surface area contributed by atoms with E-state index < -0.39 is 0 Å². The van der Waals surface area contributed by atoms with Gasteiger partial charge in [0.15, 0.2) is 0 Å². The van der Waals surface area contributed by atoms with Crippen molar-refractivity contribution >= 4 is 11.6 Å². The molecule has 0 aliphatic carbocycles. The number of hydrogen-bond donors (Lipinski definition) is 2. The van der Waals surface area contributed by atoms with E-state index in [-0.39, 0.29) is 0 Å². The molecule has 0 unspecified atom stereocenters. The van der Waals surface area contributed by atoms with Gasteiger partial charge in [-0.2, -0.15) is 0 Å². The second-order valence-corrected chi connectivity index (χ2v) is 4.61. The highest BCUT2D eigenvalue weighted by Crippen LogP contribution is 2.21. The summed E-state index contributed by atoms with van der Waals surface area (Å²) >= 11 is 0. The lowest BCUT2D eigenvalue weighted by Gasteiger charge is -2.13. The van der Waals surface area contributed by atoms with Crippen molar-refractivity contribution in [1.29, 1.82) is 0 Å². The first-order valence-electron chi connectivity index (χ1n) is 6.98. The Morgan fingerprint density at radius 2 is 1.90 bits per heavy atom. The standard InChI is InChI=1S/C14H21N5O/c1-4-6-15-13-12(5-2)14(18-9-17-13)16-8-11-7-10(3)20-19-11/h7,9H,4-6,8H2,1-3H3,(H2,15,16,17,18). The molecule has 2 N–H and O–H groups in total. The quantitative estimate of drug-likeness (QED) is 0.809. The van der Waals surface area contributed by atoms with Gasteiger partial charge >= 0.3 is 0 Å². The molecule has 0 amide bonds. The molecule has 108 valence electrons. The zero-order chi connectivity index (χ0) is 14.4. The van der Waals surface area contributed by atoms with E-state index in [2.05, 4.69) is 39.6 Å². The van der Waals surface area contributed by atoms with Crippen molar-refractivity contribution < 1.29 is 4.52 Å². The molecule has 0 radical (unpaired) electrons. The Balaban J connectivity index is 2.10. The van der Waals surface area contributed by atoms with Crippen LogP contribution in [0.3, 0.4) is 0 Å². The molecule has 0 fully saturated rings. The molecule has 0 spiro atoms. The van der Waals surface area contributed by atoms with E-state index in [0.29, 0.717) is 6.54 Å². The highest BCUT2D eigenvalue weighted by atomic mass is 16.5. The fourth-order valence-electron chi connectivity index (χ4n) is 1.97. The molecular formula is C14H21N5O. The lowest BCUT2D eigenvalue weighted by atomic mass is 10.2. The van der Waals surface area contributed by atoms with Crippen LogP contribution in [0.15, 0.2) is 16.9 Å². The number of nitrogens with one attached hydrogen (secondary N) is 2. The molecule has 6 nitrogen and oxygen atoms in total. The number of rotatable bonds is 7. The minimum Gasteiger partial charge on any atom is -0.370 e. The van der Waals surface area contributed by atoms with E-state index in [1.54, 1.807) is 6.33 Å². The molecule has 2 heterocycles. The monoisotopic (exact) mass is 275 g/mol. The van der Waals surface area contributed by atoms with Crippen LogP contribution in [0.5, 0.6) is 0 Å². The van der Waals surface area contributed by atoms with Gasteiger partial charge < -0.3 is 15.2 Å². The molecule has 0 aliphatic heterocycles. The first kappa shape index (κ1) is 14.3. The van der Waals surface area contributed by atoms with Crippen LogP contribution in [0.25, 0.3) is 0 Å². The molecule has 0 aliphatic rings. The second-order valence-electron chi connectivity index (χ2n) is 4.61. The Morgan fingerprint density at radius 3 is 2.50 bits per heavy atom. The third-order valence-corrected chi connectivity index (χ3v) is 2.96. The predicted molar refractivity (Wildman–Crippen MR) is 78.8 cm³/mol. The maximum Gasteiger partial charge on any atom is 0.135 e. The maximum absolute atomic E-state index is 5.05. The van der Waals surface area contributed by atoms with E-state index in [0.717, 1.165) is 48.0 Å². The largest absolute Gasteiger partial charge is 0.370 e. The predicted octanol–water partition coefficient (Wildman–Crippen LogP) is 2.77. The van der Waals surface area contributed by atoms with Crippen molar-refractivity contribution in [1.82, 2.24) is 15.1 Å². The Morgan fingerprint density at radius 1 is 1.15 bits per heavy atom. The third-order valence-electron chi connectivity index (χ3n) is 2.96. The van der Waals surface area contributed by atoms with Gasteiger partial charge in [0.2, 0.25) is 0 Å². The van der Waals surface area contributed by atoms with E-state index in [1.807, 2.05) is 13.0 Å². The van der Waals surface area contributed by atoms with Gasteiger partial charge in [0, 0.05) is 18.2 Å². The number of aromatic nitrogens is 3. The Hall–Kier alpha value is -2.11. The van der Waals surface area contributed by atoms with E-state index in [1.165, 1.54) is 0 Å². The van der Waals surface area contributed by atoms with Gasteiger partial charge in [0.25, 0.3) is 0 Å². The van der Waals surface area contributed by atoms with Gasteiger partial charge in [0.05, 0.1) is 6.54 Å². The summed E-state index contributed by atoms with van der Waals surface area (Å²) in [6, 6.07) is 1.91. The minimum atomic E-state index is 0.592. The Bertz CT molecular complexity index is 552. The first-order chi connectivity index (χ1) is 9.74. The van der Waals surface area contributed by atoms with Crippen molar-refractivity contribution in [3.63, 3.8) is 0 Å². The fourth-order valence-corrected chi connectivity index (χ4v) is 1.97. The smallest absolute Gasteiger partial charge is 0.135 e. The van der Waals surface area contributed by atoms with Gasteiger partial charge in [-0.25, -0.2) is 9.97 Å². The van der Waals surface area contributed by atoms with Gasteiger partial charge in [-0.1, -0.05) is 19.0 Å². The van der Waals surface area contributed by atoms with Crippen LogP contribution in [-0.4, -0.2) is 21.7 Å². The van der Waals surface area contributed by atoms with Gasteiger partial charge in [-0.3, -0.25) is 0 Å². The van der Waals surface area contributed by atoms with Gasteiger partial charge in [-0.15, -0.1) is 0 Å². The van der Waals surface area contributed by atoms with Crippen molar-refractivity contribution in [2.45, 2.75) is 40.2 Å². The molecule has 2 aromatic heterocycles. The average Bonchev–Trinajstić information content (AvgIpc) is 2.88. The lowest BCUT2D eigenvalue weighted by Crippen LogP contribution is -2.10. The van der Waals surface area contributed by atoms with Crippen LogP contribution < -0.4 is 10.6 Å². The van der Waals surface area contributed by atoms with E-state index >= 15 is 0 Å². The average molecular weight is 275 g/mol. The molecule has 6 heteroatoms. The Labute approximate surface area is 119 Å². The molecule has 0 bridgehead atoms. The van der Waals surface area contributed by atoms with Crippen molar-refractivity contribution in [2.24, 2.45) is 0 Å². The molecule has 0 atom stereocenters. The number of anilines is 2. The molecule has 2 aromatic rings.